The zero-order valence-corrected chi connectivity index (χ0v) is 12.1. The van der Waals surface area contributed by atoms with Gasteiger partial charge in [-0.1, -0.05) is 12.1 Å². The van der Waals surface area contributed by atoms with Crippen molar-refractivity contribution in [2.75, 3.05) is 18.6 Å². The second-order valence-electron chi connectivity index (χ2n) is 5.29. The number of aromatic nitrogens is 2. The Bertz CT molecular complexity index is 688. The number of aryl methyl sites for hydroxylation is 1. The van der Waals surface area contributed by atoms with E-state index in [2.05, 4.69) is 9.97 Å². The van der Waals surface area contributed by atoms with Crippen LogP contribution >= 0.6 is 0 Å². The van der Waals surface area contributed by atoms with Crippen LogP contribution in [0.2, 0.25) is 0 Å². The Labute approximate surface area is 122 Å². The van der Waals surface area contributed by atoms with Crippen LogP contribution in [0.15, 0.2) is 24.3 Å². The Kier molecular flexibility index (Phi) is 3.47. The number of anilines is 1. The number of methoxy groups -OCH3 is 1. The van der Waals surface area contributed by atoms with E-state index in [1.165, 1.54) is 0 Å². The van der Waals surface area contributed by atoms with Crippen molar-refractivity contribution in [3.63, 3.8) is 0 Å². The van der Waals surface area contributed by atoms with Crippen LogP contribution in [-0.4, -0.2) is 41.7 Å². The Hall–Kier alpha value is -2.21. The number of primary amides is 1. The van der Waals surface area contributed by atoms with Crippen LogP contribution in [-0.2, 0) is 9.53 Å². The van der Waals surface area contributed by atoms with Crippen molar-refractivity contribution in [3.8, 4) is 0 Å². The van der Waals surface area contributed by atoms with Crippen LogP contribution in [0.3, 0.4) is 0 Å². The van der Waals surface area contributed by atoms with Gasteiger partial charge in [0.05, 0.1) is 22.8 Å². The molecule has 1 fully saturated rings. The van der Waals surface area contributed by atoms with Crippen LogP contribution in [0.1, 0.15) is 12.1 Å². The second kappa shape index (κ2) is 5.29. The van der Waals surface area contributed by atoms with Crippen LogP contribution in [0, 0.1) is 6.92 Å². The maximum absolute atomic E-state index is 11.7. The van der Waals surface area contributed by atoms with E-state index in [4.69, 9.17) is 10.5 Å². The van der Waals surface area contributed by atoms with Gasteiger partial charge < -0.3 is 15.4 Å². The Morgan fingerprint density at radius 1 is 1.33 bits per heavy atom. The molecule has 1 aliphatic rings. The molecule has 110 valence electrons. The highest BCUT2D eigenvalue weighted by Crippen LogP contribution is 2.28. The number of hydrogen-bond acceptors (Lipinski definition) is 5. The van der Waals surface area contributed by atoms with Crippen LogP contribution in [0.5, 0.6) is 0 Å². The first-order valence-electron chi connectivity index (χ1n) is 6.92. The molecule has 1 aromatic carbocycles. The van der Waals surface area contributed by atoms with Crippen molar-refractivity contribution in [2.24, 2.45) is 5.73 Å². The molecule has 2 heterocycles. The van der Waals surface area contributed by atoms with Crippen LogP contribution in [0.25, 0.3) is 11.0 Å². The third-order valence-corrected chi connectivity index (χ3v) is 3.92. The number of ether oxygens (including phenoxy) is 1. The number of para-hydroxylation sites is 2. The molecule has 0 saturated carbocycles. The van der Waals surface area contributed by atoms with Gasteiger partial charge in [-0.25, -0.2) is 9.97 Å². The van der Waals surface area contributed by atoms with Gasteiger partial charge in [0.2, 0.25) is 5.91 Å². The number of fused-ring (bicyclic) bond motifs is 1. The third-order valence-electron chi connectivity index (χ3n) is 3.92. The summed E-state index contributed by atoms with van der Waals surface area (Å²) in [6, 6.07) is 7.29. The van der Waals surface area contributed by atoms with Gasteiger partial charge in [-0.2, -0.15) is 0 Å². The molecule has 0 bridgehead atoms. The molecule has 1 amide bonds. The smallest absolute Gasteiger partial charge is 0.240 e. The average Bonchev–Trinajstić information content (AvgIpc) is 2.91. The van der Waals surface area contributed by atoms with Crippen molar-refractivity contribution < 1.29 is 9.53 Å². The highest BCUT2D eigenvalue weighted by atomic mass is 16.5. The fourth-order valence-corrected chi connectivity index (χ4v) is 2.82. The number of nitrogens with two attached hydrogens (primary N) is 1. The maximum atomic E-state index is 11.7. The number of carbonyl (C=O) groups excluding carboxylic acids is 1. The summed E-state index contributed by atoms with van der Waals surface area (Å²) < 4.78 is 5.37. The van der Waals surface area contributed by atoms with E-state index in [0.29, 0.717) is 18.8 Å². The first-order valence-corrected chi connectivity index (χ1v) is 6.92. The Balaban J connectivity index is 2.05. The minimum absolute atomic E-state index is 0.0184. The molecule has 1 aromatic heterocycles. The Morgan fingerprint density at radius 2 is 2.00 bits per heavy atom. The van der Waals surface area contributed by atoms with E-state index < -0.39 is 6.04 Å². The third kappa shape index (κ3) is 2.42. The van der Waals surface area contributed by atoms with Gasteiger partial charge in [-0.15, -0.1) is 0 Å². The number of hydrogen-bond donors (Lipinski definition) is 1. The van der Waals surface area contributed by atoms with Gasteiger partial charge >= 0.3 is 0 Å². The first-order chi connectivity index (χ1) is 10.1. The molecule has 1 aliphatic heterocycles. The molecule has 1 saturated heterocycles. The van der Waals surface area contributed by atoms with E-state index in [1.807, 2.05) is 36.1 Å². The summed E-state index contributed by atoms with van der Waals surface area (Å²) in [5, 5.41) is 0. The molecule has 0 spiro atoms. The monoisotopic (exact) mass is 286 g/mol. The summed E-state index contributed by atoms with van der Waals surface area (Å²) in [7, 11) is 1.64. The molecule has 3 rings (SSSR count). The largest absolute Gasteiger partial charge is 0.380 e. The lowest BCUT2D eigenvalue weighted by Gasteiger charge is -2.24. The molecule has 2 aromatic rings. The molecular weight excluding hydrogens is 268 g/mol. The van der Waals surface area contributed by atoms with E-state index in [9.17, 15) is 4.79 Å². The van der Waals surface area contributed by atoms with Gasteiger partial charge in [0.25, 0.3) is 0 Å². The van der Waals surface area contributed by atoms with Crippen LogP contribution in [0.4, 0.5) is 5.82 Å². The summed E-state index contributed by atoms with van der Waals surface area (Å²) in [5.74, 6) is 0.348. The first kappa shape index (κ1) is 13.8. The van der Waals surface area contributed by atoms with E-state index in [1.54, 1.807) is 7.11 Å². The molecule has 0 unspecified atom stereocenters. The Morgan fingerprint density at radius 3 is 2.62 bits per heavy atom. The predicted octanol–water partition coefficient (Wildman–Crippen LogP) is 1.02. The molecule has 6 heteroatoms. The van der Waals surface area contributed by atoms with E-state index >= 15 is 0 Å². The molecule has 21 heavy (non-hydrogen) atoms. The summed E-state index contributed by atoms with van der Waals surface area (Å²) in [6.45, 7) is 2.49. The normalized spacial score (nSPS) is 21.9. The quantitative estimate of drug-likeness (QED) is 0.911. The fourth-order valence-electron chi connectivity index (χ4n) is 2.82. The zero-order chi connectivity index (χ0) is 15.0. The van der Waals surface area contributed by atoms with E-state index in [0.717, 1.165) is 16.7 Å². The van der Waals surface area contributed by atoms with E-state index in [-0.39, 0.29) is 12.0 Å². The topological polar surface area (TPSA) is 81.3 Å². The number of nitrogens with zero attached hydrogens (tertiary/aromatic N) is 3. The molecule has 6 nitrogen and oxygen atoms in total. The summed E-state index contributed by atoms with van der Waals surface area (Å²) >= 11 is 0. The van der Waals surface area contributed by atoms with Gasteiger partial charge in [-0.3, -0.25) is 4.79 Å². The summed E-state index contributed by atoms with van der Waals surface area (Å²) in [4.78, 5) is 22.8. The second-order valence-corrected chi connectivity index (χ2v) is 5.29. The maximum Gasteiger partial charge on any atom is 0.240 e. The minimum atomic E-state index is -0.399. The predicted molar refractivity (Wildman–Crippen MR) is 80.0 cm³/mol. The standard InChI is InChI=1S/C15H18N4O2/c1-9-15(18-12-6-4-3-5-11(12)17-9)19-8-10(21-2)7-13(19)14(16)20/h3-6,10,13H,7-8H2,1-2H3,(H2,16,20)/t10-,13-/m0/s1. The lowest BCUT2D eigenvalue weighted by Crippen LogP contribution is -2.41. The van der Waals surface area contributed by atoms with Crippen molar-refractivity contribution in [3.05, 3.63) is 30.0 Å². The number of benzene rings is 1. The number of rotatable bonds is 3. The molecule has 2 atom stereocenters. The van der Waals surface area contributed by atoms with Gasteiger partial charge in [0.1, 0.15) is 6.04 Å². The lowest BCUT2D eigenvalue weighted by atomic mass is 10.2. The number of carbonyl (C=O) groups is 1. The number of amides is 1. The van der Waals surface area contributed by atoms with Crippen molar-refractivity contribution in [1.82, 2.24) is 9.97 Å². The van der Waals surface area contributed by atoms with Crippen molar-refractivity contribution >= 4 is 22.8 Å². The molecule has 0 radical (unpaired) electrons. The fraction of sp³-hybridized carbons (Fsp3) is 0.400. The molecule has 0 aliphatic carbocycles. The van der Waals surface area contributed by atoms with Crippen LogP contribution < -0.4 is 10.6 Å². The van der Waals surface area contributed by atoms with Crippen molar-refractivity contribution in [2.45, 2.75) is 25.5 Å². The molecule has 2 N–H and O–H groups in total. The summed E-state index contributed by atoms with van der Waals surface area (Å²) in [5.41, 5.74) is 7.96. The van der Waals surface area contributed by atoms with Gasteiger partial charge in [-0.05, 0) is 19.1 Å². The lowest BCUT2D eigenvalue weighted by molar-refractivity contribution is -0.119. The highest BCUT2D eigenvalue weighted by molar-refractivity contribution is 5.85. The van der Waals surface area contributed by atoms with Gasteiger partial charge in [0.15, 0.2) is 5.82 Å². The highest BCUT2D eigenvalue weighted by Gasteiger charge is 2.37. The SMILES string of the molecule is CO[C@H]1C[C@@H](C(N)=O)N(c2nc3ccccc3nc2C)C1. The van der Waals surface area contributed by atoms with Gasteiger partial charge in [0, 0.05) is 20.1 Å². The average molecular weight is 286 g/mol. The summed E-state index contributed by atoms with van der Waals surface area (Å²) in [6.07, 6.45) is 0.565. The minimum Gasteiger partial charge on any atom is -0.380 e. The van der Waals surface area contributed by atoms with Crippen molar-refractivity contribution in [1.29, 1.82) is 0 Å². The molecular formula is C15H18N4O2. The zero-order valence-electron chi connectivity index (χ0n) is 12.1.